The molecule has 9 nitrogen and oxygen atoms in total. The van der Waals surface area contributed by atoms with E-state index in [1.165, 1.54) is 0 Å². The Labute approximate surface area is 178 Å². The Morgan fingerprint density at radius 1 is 1.03 bits per heavy atom. The molecule has 9 heteroatoms. The number of rotatable bonds is 5. The van der Waals surface area contributed by atoms with Gasteiger partial charge in [0.2, 0.25) is 5.88 Å². The van der Waals surface area contributed by atoms with E-state index < -0.39 is 0 Å². The Bertz CT molecular complexity index is 1370. The van der Waals surface area contributed by atoms with E-state index in [9.17, 15) is 0 Å². The average Bonchev–Trinajstić information content (AvgIpc) is 3.38. The van der Waals surface area contributed by atoms with Crippen LogP contribution in [-0.4, -0.2) is 41.6 Å². The third kappa shape index (κ3) is 3.57. The Hall–Kier alpha value is -4.27. The number of benzene rings is 1. The molecule has 0 fully saturated rings. The van der Waals surface area contributed by atoms with Crippen LogP contribution in [0.2, 0.25) is 0 Å². The van der Waals surface area contributed by atoms with Gasteiger partial charge in [0.25, 0.3) is 0 Å². The molecule has 0 aliphatic carbocycles. The molecule has 1 radical (unpaired) electrons. The molecular weight excluding hydrogens is 392 g/mol. The first-order valence-corrected chi connectivity index (χ1v) is 9.65. The number of methoxy groups -OCH3 is 1. The minimum absolute atomic E-state index is 0.532. The smallest absolute Gasteiger partial charge is 0.233 e. The van der Waals surface area contributed by atoms with Crippen LogP contribution in [0.4, 0.5) is 11.5 Å². The molecule has 0 aliphatic rings. The van der Waals surface area contributed by atoms with Gasteiger partial charge in [0.15, 0.2) is 11.6 Å². The standard InChI is InChI=1S/C22H19N8O/c1-14-7-10-19(27-26-14)24-16-8-9-18-17(12-16)23-13-29(18)20-5-4-6-21(25-20)30-15(2)11-22(28-30)31-3/h4-5,7-13H,1-3H3,(H,24,27). The van der Waals surface area contributed by atoms with Crippen molar-refractivity contribution in [2.75, 3.05) is 12.4 Å². The van der Waals surface area contributed by atoms with Crippen LogP contribution in [0, 0.1) is 19.9 Å². The van der Waals surface area contributed by atoms with Crippen molar-refractivity contribution in [1.29, 1.82) is 0 Å². The summed E-state index contributed by atoms with van der Waals surface area (Å²) in [5.74, 6) is 2.51. The lowest BCUT2D eigenvalue weighted by Gasteiger charge is -2.08. The first-order valence-electron chi connectivity index (χ1n) is 9.65. The quantitative estimate of drug-likeness (QED) is 0.472. The predicted octanol–water partition coefficient (Wildman–Crippen LogP) is 3.57. The highest BCUT2D eigenvalue weighted by Crippen LogP contribution is 2.23. The van der Waals surface area contributed by atoms with Crippen LogP contribution in [0.25, 0.3) is 22.7 Å². The molecule has 1 aromatic carbocycles. The van der Waals surface area contributed by atoms with Crippen molar-refractivity contribution in [2.24, 2.45) is 0 Å². The summed E-state index contributed by atoms with van der Waals surface area (Å²) in [7, 11) is 1.59. The van der Waals surface area contributed by atoms with E-state index in [0.717, 1.165) is 33.9 Å². The van der Waals surface area contributed by atoms with E-state index in [1.54, 1.807) is 18.1 Å². The van der Waals surface area contributed by atoms with Gasteiger partial charge >= 0.3 is 0 Å². The molecule has 0 spiro atoms. The van der Waals surface area contributed by atoms with Crippen LogP contribution in [-0.2, 0) is 0 Å². The molecule has 4 heterocycles. The SMILES string of the molecule is COc1cc(C)n(-c2[c]ccc(-n3cnc4cc(Nc5ccc(C)nn5)ccc43)n2)n1. The molecule has 0 saturated heterocycles. The summed E-state index contributed by atoms with van der Waals surface area (Å²) < 4.78 is 8.84. The van der Waals surface area contributed by atoms with Crippen LogP contribution >= 0.6 is 0 Å². The highest BCUT2D eigenvalue weighted by atomic mass is 16.5. The molecule has 5 aromatic rings. The number of nitrogens with zero attached hydrogens (tertiary/aromatic N) is 7. The van der Waals surface area contributed by atoms with Crippen LogP contribution in [0.3, 0.4) is 0 Å². The maximum atomic E-state index is 5.21. The number of aryl methyl sites for hydroxylation is 2. The van der Waals surface area contributed by atoms with Gasteiger partial charge < -0.3 is 10.1 Å². The van der Waals surface area contributed by atoms with E-state index >= 15 is 0 Å². The fourth-order valence-electron chi connectivity index (χ4n) is 3.26. The molecule has 5 rings (SSSR count). The lowest BCUT2D eigenvalue weighted by molar-refractivity contribution is 0.394. The van der Waals surface area contributed by atoms with Crippen molar-refractivity contribution >= 4 is 22.5 Å². The Balaban J connectivity index is 1.48. The predicted molar refractivity (Wildman–Crippen MR) is 116 cm³/mol. The van der Waals surface area contributed by atoms with E-state index in [-0.39, 0.29) is 0 Å². The van der Waals surface area contributed by atoms with Gasteiger partial charge in [0, 0.05) is 23.5 Å². The number of aromatic nitrogens is 7. The highest BCUT2D eigenvalue weighted by molar-refractivity contribution is 5.81. The fourth-order valence-corrected chi connectivity index (χ4v) is 3.26. The van der Waals surface area contributed by atoms with E-state index in [2.05, 4.69) is 31.7 Å². The van der Waals surface area contributed by atoms with Crippen LogP contribution in [0.5, 0.6) is 5.88 Å². The van der Waals surface area contributed by atoms with Crippen LogP contribution in [0.1, 0.15) is 11.4 Å². The Morgan fingerprint density at radius 3 is 2.71 bits per heavy atom. The van der Waals surface area contributed by atoms with Gasteiger partial charge in [-0.05, 0) is 56.3 Å². The summed E-state index contributed by atoms with van der Waals surface area (Å²) in [5.41, 5.74) is 4.42. The number of fused-ring (bicyclic) bond motifs is 1. The van der Waals surface area contributed by atoms with Gasteiger partial charge in [-0.1, -0.05) is 0 Å². The molecule has 0 bridgehead atoms. The summed E-state index contributed by atoms with van der Waals surface area (Å²) in [4.78, 5) is 9.26. The van der Waals surface area contributed by atoms with E-state index in [4.69, 9.17) is 9.72 Å². The number of pyridine rings is 1. The maximum Gasteiger partial charge on any atom is 0.233 e. The first-order chi connectivity index (χ1) is 15.1. The maximum absolute atomic E-state index is 5.21. The normalized spacial score (nSPS) is 11.1. The summed E-state index contributed by atoms with van der Waals surface area (Å²) in [6.45, 7) is 3.84. The third-order valence-electron chi connectivity index (χ3n) is 4.80. The monoisotopic (exact) mass is 411 g/mol. The zero-order valence-corrected chi connectivity index (χ0v) is 17.2. The number of hydrogen-bond donors (Lipinski definition) is 1. The van der Waals surface area contributed by atoms with Gasteiger partial charge in [0.1, 0.15) is 12.1 Å². The summed E-state index contributed by atoms with van der Waals surface area (Å²) in [6.07, 6.45) is 1.75. The topological polar surface area (TPSA) is 95.6 Å². The lowest BCUT2D eigenvalue weighted by Crippen LogP contribution is -2.05. The molecule has 0 aliphatic heterocycles. The van der Waals surface area contributed by atoms with Crippen molar-refractivity contribution in [3.8, 4) is 17.5 Å². The molecule has 153 valence electrons. The second-order valence-electron chi connectivity index (χ2n) is 7.01. The zero-order valence-electron chi connectivity index (χ0n) is 17.2. The molecule has 0 atom stereocenters. The van der Waals surface area contributed by atoms with E-state index in [0.29, 0.717) is 17.5 Å². The molecular formula is C22H19N8O. The van der Waals surface area contributed by atoms with Crippen molar-refractivity contribution in [3.63, 3.8) is 0 Å². The minimum Gasteiger partial charge on any atom is -0.480 e. The van der Waals surface area contributed by atoms with Crippen molar-refractivity contribution in [2.45, 2.75) is 13.8 Å². The highest BCUT2D eigenvalue weighted by Gasteiger charge is 2.11. The molecule has 0 amide bonds. The van der Waals surface area contributed by atoms with E-state index in [1.807, 2.05) is 66.9 Å². The largest absolute Gasteiger partial charge is 0.480 e. The lowest BCUT2D eigenvalue weighted by atomic mass is 10.2. The zero-order chi connectivity index (χ0) is 21.4. The van der Waals surface area contributed by atoms with Gasteiger partial charge in [-0.15, -0.1) is 10.2 Å². The van der Waals surface area contributed by atoms with Gasteiger partial charge in [-0.25, -0.2) is 14.6 Å². The van der Waals surface area contributed by atoms with Gasteiger partial charge in [0.05, 0.1) is 23.8 Å². The Morgan fingerprint density at radius 2 is 1.94 bits per heavy atom. The average molecular weight is 411 g/mol. The van der Waals surface area contributed by atoms with Gasteiger partial charge in [-0.2, -0.15) is 5.10 Å². The number of nitrogens with one attached hydrogen (secondary N) is 1. The minimum atomic E-state index is 0.532. The fraction of sp³-hybridized carbons (Fsp3) is 0.136. The molecule has 0 saturated carbocycles. The molecule has 1 N–H and O–H groups in total. The molecule has 31 heavy (non-hydrogen) atoms. The number of anilines is 2. The second kappa shape index (κ2) is 7.52. The molecule has 0 unspecified atom stereocenters. The molecule has 4 aromatic heterocycles. The first kappa shape index (κ1) is 18.7. The van der Waals surface area contributed by atoms with Crippen LogP contribution < -0.4 is 10.1 Å². The van der Waals surface area contributed by atoms with Gasteiger partial charge in [-0.3, -0.25) is 4.57 Å². The summed E-state index contributed by atoms with van der Waals surface area (Å²) in [6, 6.07) is 18.4. The summed E-state index contributed by atoms with van der Waals surface area (Å²) in [5, 5.41) is 15.9. The van der Waals surface area contributed by atoms with Crippen molar-refractivity contribution < 1.29 is 4.74 Å². The second-order valence-corrected chi connectivity index (χ2v) is 7.01. The van der Waals surface area contributed by atoms with Crippen LogP contribution in [0.15, 0.2) is 54.9 Å². The number of hydrogen-bond acceptors (Lipinski definition) is 7. The van der Waals surface area contributed by atoms with Crippen molar-refractivity contribution in [3.05, 3.63) is 72.3 Å². The Kier molecular flexibility index (Phi) is 4.55. The number of imidazole rings is 1. The summed E-state index contributed by atoms with van der Waals surface area (Å²) >= 11 is 0. The number of ether oxygens (including phenoxy) is 1. The third-order valence-corrected chi connectivity index (χ3v) is 4.80. The van der Waals surface area contributed by atoms with Crippen molar-refractivity contribution in [1.82, 2.24) is 34.5 Å².